The molecule has 37 heavy (non-hydrogen) atoms. The van der Waals surface area contributed by atoms with Crippen LogP contribution in [0.2, 0.25) is 0 Å². The molecular formula is C35H53N2. The van der Waals surface area contributed by atoms with E-state index in [2.05, 4.69) is 121 Å². The van der Waals surface area contributed by atoms with Crippen molar-refractivity contribution in [2.75, 3.05) is 9.80 Å². The quantitative estimate of drug-likeness (QED) is 0.254. The number of rotatable bonds is 14. The number of anilines is 2. The standard InChI is InChI=1S/C35H53N2/c1-9-26(10-2)30-19-17-20-31(27(11-3)12-4)34(30)36-23-24-37(25-36)35-32(28(13-5)14-6)21-18-22-33(35)29(15-7)16-8/h17-29H,9-16H2,1-8H3. The maximum absolute atomic E-state index is 2.45. The van der Waals surface area contributed by atoms with Crippen LogP contribution in [0, 0.1) is 6.67 Å². The van der Waals surface area contributed by atoms with Crippen molar-refractivity contribution in [2.45, 2.75) is 130 Å². The summed E-state index contributed by atoms with van der Waals surface area (Å²) in [6.07, 6.45) is 14.0. The molecule has 0 saturated heterocycles. The summed E-state index contributed by atoms with van der Waals surface area (Å²) in [6, 6.07) is 14.1. The lowest BCUT2D eigenvalue weighted by atomic mass is 9.85. The molecule has 0 amide bonds. The van der Waals surface area contributed by atoms with Crippen LogP contribution in [0.15, 0.2) is 48.8 Å². The predicted molar refractivity (Wildman–Crippen MR) is 165 cm³/mol. The molecule has 2 aromatic carbocycles. The molecule has 0 saturated carbocycles. The first kappa shape index (κ1) is 29.3. The van der Waals surface area contributed by atoms with E-state index < -0.39 is 0 Å². The smallest absolute Gasteiger partial charge is 0.150 e. The number of para-hydroxylation sites is 2. The second-order valence-electron chi connectivity index (χ2n) is 10.9. The molecule has 0 fully saturated rings. The number of benzene rings is 2. The summed E-state index contributed by atoms with van der Waals surface area (Å²) in [5.74, 6) is 2.32. The molecule has 0 bridgehead atoms. The molecule has 1 aliphatic rings. The summed E-state index contributed by atoms with van der Waals surface area (Å²) in [5, 5.41) is 0. The molecule has 0 aliphatic carbocycles. The maximum Gasteiger partial charge on any atom is 0.150 e. The molecule has 1 aliphatic heterocycles. The molecule has 203 valence electrons. The van der Waals surface area contributed by atoms with E-state index >= 15 is 0 Å². The number of nitrogens with zero attached hydrogens (tertiary/aromatic N) is 2. The molecule has 2 heteroatoms. The van der Waals surface area contributed by atoms with Crippen LogP contribution in [0.25, 0.3) is 0 Å². The average molecular weight is 502 g/mol. The molecule has 1 heterocycles. The SMILES string of the molecule is CCC(CC)c1cccc(C(CC)CC)c1N1[CH]N(c2c(C(CC)CC)cccc2C(CC)CC)C=C1. The van der Waals surface area contributed by atoms with Crippen LogP contribution in [-0.2, 0) is 0 Å². The van der Waals surface area contributed by atoms with Gasteiger partial charge in [0.15, 0.2) is 6.67 Å². The number of hydrogen-bond donors (Lipinski definition) is 0. The minimum Gasteiger partial charge on any atom is -0.321 e. The van der Waals surface area contributed by atoms with Crippen molar-refractivity contribution in [3.63, 3.8) is 0 Å². The monoisotopic (exact) mass is 501 g/mol. The molecular weight excluding hydrogens is 448 g/mol. The van der Waals surface area contributed by atoms with E-state index in [4.69, 9.17) is 0 Å². The number of hydrogen-bond acceptors (Lipinski definition) is 2. The van der Waals surface area contributed by atoms with E-state index in [0.717, 1.165) is 0 Å². The van der Waals surface area contributed by atoms with Gasteiger partial charge < -0.3 is 9.80 Å². The fourth-order valence-corrected chi connectivity index (χ4v) is 6.61. The normalized spacial score (nSPS) is 13.8. The highest BCUT2D eigenvalue weighted by Gasteiger charge is 2.29. The molecule has 0 N–H and O–H groups in total. The van der Waals surface area contributed by atoms with Crippen molar-refractivity contribution in [1.29, 1.82) is 0 Å². The Bertz CT molecular complexity index is 850. The first-order valence-corrected chi connectivity index (χ1v) is 15.4. The van der Waals surface area contributed by atoms with Gasteiger partial charge in [0.2, 0.25) is 0 Å². The summed E-state index contributed by atoms with van der Waals surface area (Å²) < 4.78 is 0. The van der Waals surface area contributed by atoms with Crippen molar-refractivity contribution in [3.8, 4) is 0 Å². The summed E-state index contributed by atoms with van der Waals surface area (Å²) in [6.45, 7) is 21.1. The molecule has 0 unspecified atom stereocenters. The third-order valence-electron chi connectivity index (χ3n) is 9.05. The predicted octanol–water partition coefficient (Wildman–Crippen LogP) is 11.2. The Labute approximate surface area is 229 Å². The Morgan fingerprint density at radius 2 is 0.676 bits per heavy atom. The minimum absolute atomic E-state index is 0.581. The maximum atomic E-state index is 2.45. The second-order valence-corrected chi connectivity index (χ2v) is 10.9. The summed E-state index contributed by atoms with van der Waals surface area (Å²) in [4.78, 5) is 4.89. The van der Waals surface area contributed by atoms with E-state index in [0.29, 0.717) is 23.7 Å². The third kappa shape index (κ3) is 6.10. The van der Waals surface area contributed by atoms with Crippen LogP contribution in [-0.4, -0.2) is 0 Å². The van der Waals surface area contributed by atoms with Gasteiger partial charge in [0.1, 0.15) is 0 Å². The zero-order valence-corrected chi connectivity index (χ0v) is 25.1. The highest BCUT2D eigenvalue weighted by atomic mass is 15.3. The van der Waals surface area contributed by atoms with Crippen molar-refractivity contribution < 1.29 is 0 Å². The third-order valence-corrected chi connectivity index (χ3v) is 9.05. The van der Waals surface area contributed by atoms with Crippen molar-refractivity contribution in [3.05, 3.63) is 77.7 Å². The zero-order chi connectivity index (χ0) is 26.9. The first-order valence-electron chi connectivity index (χ1n) is 15.4. The average Bonchev–Trinajstić information content (AvgIpc) is 3.41. The molecule has 3 rings (SSSR count). The van der Waals surface area contributed by atoms with Gasteiger partial charge in [0, 0.05) is 23.8 Å². The van der Waals surface area contributed by atoms with E-state index in [9.17, 15) is 0 Å². The van der Waals surface area contributed by atoms with Gasteiger partial charge in [-0.2, -0.15) is 0 Å². The Morgan fingerprint density at radius 3 is 0.892 bits per heavy atom. The highest BCUT2D eigenvalue weighted by molar-refractivity contribution is 5.73. The van der Waals surface area contributed by atoms with Crippen LogP contribution >= 0.6 is 0 Å². The Kier molecular flexibility index (Phi) is 11.2. The van der Waals surface area contributed by atoms with Crippen molar-refractivity contribution in [1.82, 2.24) is 0 Å². The second kappa shape index (κ2) is 14.1. The van der Waals surface area contributed by atoms with E-state index in [1.54, 1.807) is 0 Å². The molecule has 1 radical (unpaired) electrons. The van der Waals surface area contributed by atoms with Crippen LogP contribution < -0.4 is 9.80 Å². The van der Waals surface area contributed by atoms with Crippen molar-refractivity contribution >= 4 is 11.4 Å². The Balaban J connectivity index is 2.13. The van der Waals surface area contributed by atoms with Crippen LogP contribution in [0.4, 0.5) is 11.4 Å². The van der Waals surface area contributed by atoms with E-state index in [1.807, 2.05) is 0 Å². The van der Waals surface area contributed by atoms with Gasteiger partial charge in [0.05, 0.1) is 0 Å². The molecule has 2 nitrogen and oxygen atoms in total. The lowest BCUT2D eigenvalue weighted by molar-refractivity contribution is 0.621. The summed E-state index contributed by atoms with van der Waals surface area (Å²) >= 11 is 0. The van der Waals surface area contributed by atoms with Crippen LogP contribution in [0.5, 0.6) is 0 Å². The topological polar surface area (TPSA) is 6.48 Å². The molecule has 2 aromatic rings. The van der Waals surface area contributed by atoms with Gasteiger partial charge in [-0.05, 0) is 97.3 Å². The molecule has 0 aromatic heterocycles. The fraction of sp³-hybridized carbons (Fsp3) is 0.571. The Morgan fingerprint density at radius 1 is 0.432 bits per heavy atom. The van der Waals surface area contributed by atoms with E-state index in [-0.39, 0.29) is 0 Å². The summed E-state index contributed by atoms with van der Waals surface area (Å²) in [5.41, 5.74) is 8.87. The molecule has 0 atom stereocenters. The van der Waals surface area contributed by atoms with Crippen molar-refractivity contribution in [2.24, 2.45) is 0 Å². The van der Waals surface area contributed by atoms with Gasteiger partial charge in [0.25, 0.3) is 0 Å². The first-order chi connectivity index (χ1) is 18.0. The minimum atomic E-state index is 0.581. The van der Waals surface area contributed by atoms with Crippen LogP contribution in [0.3, 0.4) is 0 Å². The van der Waals surface area contributed by atoms with E-state index in [1.165, 1.54) is 85.0 Å². The van der Waals surface area contributed by atoms with Gasteiger partial charge in [-0.15, -0.1) is 0 Å². The highest BCUT2D eigenvalue weighted by Crippen LogP contribution is 2.45. The van der Waals surface area contributed by atoms with Gasteiger partial charge in [-0.1, -0.05) is 91.8 Å². The molecule has 0 spiro atoms. The zero-order valence-electron chi connectivity index (χ0n) is 25.1. The van der Waals surface area contributed by atoms with Gasteiger partial charge in [-0.25, -0.2) is 0 Å². The largest absolute Gasteiger partial charge is 0.321 e. The Hall–Kier alpha value is -2.22. The lowest BCUT2D eigenvalue weighted by Gasteiger charge is -2.32. The lowest BCUT2D eigenvalue weighted by Crippen LogP contribution is -2.24. The van der Waals surface area contributed by atoms with Gasteiger partial charge in [-0.3, -0.25) is 0 Å². The fourth-order valence-electron chi connectivity index (χ4n) is 6.61. The van der Waals surface area contributed by atoms with Crippen LogP contribution in [0.1, 0.15) is 153 Å². The summed E-state index contributed by atoms with van der Waals surface area (Å²) in [7, 11) is 0. The van der Waals surface area contributed by atoms with Gasteiger partial charge >= 0.3 is 0 Å².